The van der Waals surface area contributed by atoms with Gasteiger partial charge >= 0.3 is 0 Å². The van der Waals surface area contributed by atoms with Crippen LogP contribution < -0.4 is 9.64 Å². The Labute approximate surface area is 101 Å². The second kappa shape index (κ2) is 5.08. The van der Waals surface area contributed by atoms with Crippen LogP contribution >= 0.6 is 0 Å². The smallest absolute Gasteiger partial charge is 0.153 e. The van der Waals surface area contributed by atoms with Crippen LogP contribution in [0.15, 0.2) is 12.1 Å². The molecule has 1 aromatic carbocycles. The molecule has 0 radical (unpaired) electrons. The summed E-state index contributed by atoms with van der Waals surface area (Å²) in [6, 6.07) is 3.21. The third-order valence-corrected chi connectivity index (χ3v) is 3.15. The quantitative estimate of drug-likeness (QED) is 0.816. The van der Waals surface area contributed by atoms with Crippen molar-refractivity contribution in [1.29, 1.82) is 0 Å². The van der Waals surface area contributed by atoms with E-state index in [-0.39, 0.29) is 11.3 Å². The second-order valence-electron chi connectivity index (χ2n) is 4.25. The number of benzene rings is 1. The predicted molar refractivity (Wildman–Crippen MR) is 66.1 cm³/mol. The largest absolute Gasteiger partial charge is 0.507 e. The van der Waals surface area contributed by atoms with Crippen molar-refractivity contribution in [3.8, 4) is 11.5 Å². The zero-order valence-electron chi connectivity index (χ0n) is 9.98. The lowest BCUT2D eigenvalue weighted by atomic mass is 10.1. The Morgan fingerprint density at radius 2 is 2.00 bits per heavy atom. The van der Waals surface area contributed by atoms with Crippen LogP contribution in [0.25, 0.3) is 0 Å². The molecule has 0 aromatic heterocycles. The van der Waals surface area contributed by atoms with Gasteiger partial charge in [-0.2, -0.15) is 0 Å². The molecule has 1 fully saturated rings. The number of carbonyl (C=O) groups is 1. The Kier molecular flexibility index (Phi) is 3.52. The maximum Gasteiger partial charge on any atom is 0.153 e. The monoisotopic (exact) mass is 235 g/mol. The summed E-state index contributed by atoms with van der Waals surface area (Å²) in [4.78, 5) is 12.9. The van der Waals surface area contributed by atoms with Crippen molar-refractivity contribution in [2.24, 2.45) is 0 Å². The summed E-state index contributed by atoms with van der Waals surface area (Å²) in [6.07, 6.45) is 4.19. The molecule has 0 bridgehead atoms. The normalized spacial score (nSPS) is 15.7. The number of methoxy groups -OCH3 is 1. The molecular weight excluding hydrogens is 218 g/mol. The van der Waals surface area contributed by atoms with Crippen LogP contribution in [-0.2, 0) is 0 Å². The van der Waals surface area contributed by atoms with Crippen molar-refractivity contribution < 1.29 is 14.6 Å². The van der Waals surface area contributed by atoms with Crippen molar-refractivity contribution in [3.63, 3.8) is 0 Å². The number of aldehydes is 1. The topological polar surface area (TPSA) is 49.8 Å². The summed E-state index contributed by atoms with van der Waals surface area (Å²) in [5, 5.41) is 9.73. The minimum Gasteiger partial charge on any atom is -0.507 e. The van der Waals surface area contributed by atoms with E-state index in [1.54, 1.807) is 19.2 Å². The van der Waals surface area contributed by atoms with Gasteiger partial charge in [-0.15, -0.1) is 0 Å². The Balaban J connectivity index is 2.37. The van der Waals surface area contributed by atoms with Gasteiger partial charge < -0.3 is 14.7 Å². The van der Waals surface area contributed by atoms with Gasteiger partial charge in [-0.05, 0) is 25.3 Å². The first kappa shape index (κ1) is 11.8. The highest BCUT2D eigenvalue weighted by Gasteiger charge is 2.17. The highest BCUT2D eigenvalue weighted by atomic mass is 16.5. The SMILES string of the molecule is COc1cc(C=O)c(O)cc1N1CCCCC1. The van der Waals surface area contributed by atoms with Crippen molar-refractivity contribution >= 4 is 12.0 Å². The molecule has 1 N–H and O–H groups in total. The molecule has 2 rings (SSSR count). The summed E-state index contributed by atoms with van der Waals surface area (Å²) in [5.41, 5.74) is 1.14. The van der Waals surface area contributed by atoms with Crippen molar-refractivity contribution in [1.82, 2.24) is 0 Å². The maximum atomic E-state index is 10.8. The van der Waals surface area contributed by atoms with E-state index >= 15 is 0 Å². The molecule has 17 heavy (non-hydrogen) atoms. The van der Waals surface area contributed by atoms with E-state index in [4.69, 9.17) is 4.74 Å². The van der Waals surface area contributed by atoms with Crippen LogP contribution in [-0.4, -0.2) is 31.6 Å². The van der Waals surface area contributed by atoms with Crippen LogP contribution in [0.1, 0.15) is 29.6 Å². The van der Waals surface area contributed by atoms with E-state index in [2.05, 4.69) is 4.90 Å². The summed E-state index contributed by atoms with van der Waals surface area (Å²) in [6.45, 7) is 1.94. The van der Waals surface area contributed by atoms with Gasteiger partial charge in [0.25, 0.3) is 0 Å². The number of hydrogen-bond acceptors (Lipinski definition) is 4. The van der Waals surface area contributed by atoms with E-state index < -0.39 is 0 Å². The van der Waals surface area contributed by atoms with Gasteiger partial charge in [0, 0.05) is 19.2 Å². The number of hydrogen-bond donors (Lipinski definition) is 1. The Hall–Kier alpha value is -1.71. The average Bonchev–Trinajstić information content (AvgIpc) is 2.39. The fourth-order valence-corrected chi connectivity index (χ4v) is 2.21. The van der Waals surface area contributed by atoms with Crippen molar-refractivity contribution in [3.05, 3.63) is 17.7 Å². The van der Waals surface area contributed by atoms with E-state index in [0.717, 1.165) is 31.6 Å². The van der Waals surface area contributed by atoms with Crippen molar-refractivity contribution in [2.75, 3.05) is 25.1 Å². The van der Waals surface area contributed by atoms with Crippen LogP contribution in [0.4, 0.5) is 5.69 Å². The highest BCUT2D eigenvalue weighted by molar-refractivity contribution is 5.83. The lowest BCUT2D eigenvalue weighted by Crippen LogP contribution is -2.29. The third-order valence-electron chi connectivity index (χ3n) is 3.15. The van der Waals surface area contributed by atoms with Crippen LogP contribution in [0.3, 0.4) is 0 Å². The number of piperidine rings is 1. The number of phenolic OH excluding ortho intramolecular Hbond substituents is 1. The molecule has 4 nitrogen and oxygen atoms in total. The molecule has 1 heterocycles. The fraction of sp³-hybridized carbons (Fsp3) is 0.462. The molecule has 1 aliphatic heterocycles. The molecule has 1 aromatic rings. The van der Waals surface area contributed by atoms with Crippen LogP contribution in [0, 0.1) is 0 Å². The Morgan fingerprint density at radius 1 is 1.29 bits per heavy atom. The molecular formula is C13H17NO3. The van der Waals surface area contributed by atoms with E-state index in [1.165, 1.54) is 6.42 Å². The Bertz CT molecular complexity index is 411. The number of rotatable bonds is 3. The van der Waals surface area contributed by atoms with Crippen molar-refractivity contribution in [2.45, 2.75) is 19.3 Å². The summed E-state index contributed by atoms with van der Waals surface area (Å²) in [7, 11) is 1.58. The van der Waals surface area contributed by atoms with E-state index in [1.807, 2.05) is 0 Å². The predicted octanol–water partition coefficient (Wildman–Crippen LogP) is 2.20. The number of anilines is 1. The van der Waals surface area contributed by atoms with Gasteiger partial charge in [-0.3, -0.25) is 4.79 Å². The summed E-state index contributed by atoms with van der Waals surface area (Å²) < 4.78 is 5.28. The molecule has 0 spiro atoms. The first-order valence-electron chi connectivity index (χ1n) is 5.87. The van der Waals surface area contributed by atoms with Crippen LogP contribution in [0.5, 0.6) is 11.5 Å². The third kappa shape index (κ3) is 2.35. The number of carbonyl (C=O) groups excluding carboxylic acids is 1. The zero-order valence-corrected chi connectivity index (χ0v) is 9.98. The van der Waals surface area contributed by atoms with Gasteiger partial charge in [0.05, 0.1) is 18.4 Å². The standard InChI is InChI=1S/C13H17NO3/c1-17-13-7-10(9-15)12(16)8-11(13)14-5-3-2-4-6-14/h7-9,16H,2-6H2,1H3. The number of ether oxygens (including phenoxy) is 1. The molecule has 0 atom stereocenters. The fourth-order valence-electron chi connectivity index (χ4n) is 2.21. The van der Waals surface area contributed by atoms with E-state index in [0.29, 0.717) is 12.0 Å². The molecule has 0 saturated carbocycles. The van der Waals surface area contributed by atoms with Gasteiger partial charge in [-0.1, -0.05) is 0 Å². The van der Waals surface area contributed by atoms with Gasteiger partial charge in [0.2, 0.25) is 0 Å². The lowest BCUT2D eigenvalue weighted by Gasteiger charge is -2.30. The number of aromatic hydroxyl groups is 1. The van der Waals surface area contributed by atoms with Gasteiger partial charge in [0.1, 0.15) is 11.5 Å². The number of phenols is 1. The first-order chi connectivity index (χ1) is 8.26. The second-order valence-corrected chi connectivity index (χ2v) is 4.25. The highest BCUT2D eigenvalue weighted by Crippen LogP contribution is 2.35. The molecule has 92 valence electrons. The zero-order chi connectivity index (χ0) is 12.3. The minimum absolute atomic E-state index is 0.0152. The molecule has 1 saturated heterocycles. The van der Waals surface area contributed by atoms with Crippen LogP contribution in [0.2, 0.25) is 0 Å². The van der Waals surface area contributed by atoms with Gasteiger partial charge in [0.15, 0.2) is 6.29 Å². The van der Waals surface area contributed by atoms with E-state index in [9.17, 15) is 9.90 Å². The summed E-state index contributed by atoms with van der Waals surface area (Å²) in [5.74, 6) is 0.660. The molecule has 1 aliphatic rings. The molecule has 0 amide bonds. The molecule has 0 aliphatic carbocycles. The van der Waals surface area contributed by atoms with Gasteiger partial charge in [-0.25, -0.2) is 0 Å². The maximum absolute atomic E-state index is 10.8. The minimum atomic E-state index is 0.0152. The molecule has 4 heteroatoms. The average molecular weight is 235 g/mol. The summed E-state index contributed by atoms with van der Waals surface area (Å²) >= 11 is 0. The molecule has 0 unspecified atom stereocenters. The first-order valence-corrected chi connectivity index (χ1v) is 5.87. The Morgan fingerprint density at radius 3 is 2.59 bits per heavy atom. The number of nitrogens with zero attached hydrogens (tertiary/aromatic N) is 1. The lowest BCUT2D eigenvalue weighted by molar-refractivity contribution is 0.112.